The Morgan fingerprint density at radius 1 is 0.543 bits per heavy atom. The molecule has 12 rings (SSSR count). The van der Waals surface area contributed by atoms with E-state index in [9.17, 15) is 33.2 Å². The standard InChI is InChI=1S/C22H21FN6O3.C22H23N5O3S.C20H22N8O3/c1-24-22(31)15-11-25-18(29-21(30)12-6-7-12)8-17(15)28-16-5-3-4-14(19(16)32-2)20-26-9-13(23)10-27-20;1-12-25-18(11-31-12)14-5-4-6-16(20(14)30-3)26-17-9-19(27-21(28)13-7-8-13)24-10-15(17)22(29)23-2;1-21-20(30)13-10-22-16(24-19(29)11-7-8-11)9-15(13)23-14-6-4-5-12(17(14)31-3)18-25-27-28(2)26-18/h3-5,8-12H,6-7H2,1-2H3,(H,24,31)(H2,25,28,29,30);4-6,9-11,13H,7-8H2,1-3H3,(H,23,29)(H2,24,26,27,28);4-6,9-11H,7-8H2,1-3H3,(H,21,30)(H2,22,23,24,29)/i;2D3;1D3. The van der Waals surface area contributed by atoms with Gasteiger partial charge in [0.1, 0.15) is 17.5 Å². The molecule has 9 N–H and O–H groups in total. The van der Waals surface area contributed by atoms with E-state index >= 15 is 0 Å². The van der Waals surface area contributed by atoms with Crippen molar-refractivity contribution in [3.8, 4) is 51.3 Å². The molecule has 3 aliphatic rings. The Morgan fingerprint density at radius 3 is 1.29 bits per heavy atom. The van der Waals surface area contributed by atoms with Crippen molar-refractivity contribution in [1.82, 2.24) is 66.1 Å². The average molecular weight is 1300 g/mol. The number of methoxy groups -OCH3 is 3. The molecule has 0 saturated heterocycles. The molecule has 484 valence electrons. The van der Waals surface area contributed by atoms with Crippen LogP contribution in [0.3, 0.4) is 0 Å². The van der Waals surface area contributed by atoms with Crippen LogP contribution >= 0.6 is 11.3 Å². The van der Waals surface area contributed by atoms with Gasteiger partial charge in [-0.2, -0.15) is 4.80 Å². The highest BCUT2D eigenvalue weighted by molar-refractivity contribution is 7.09. The zero-order valence-corrected chi connectivity index (χ0v) is 52.1. The molecule has 94 heavy (non-hydrogen) atoms. The first-order valence-electron chi connectivity index (χ1n) is 32.1. The predicted molar refractivity (Wildman–Crippen MR) is 350 cm³/mol. The van der Waals surface area contributed by atoms with E-state index in [-0.39, 0.29) is 86.9 Å². The smallest absolute Gasteiger partial charge is 0.254 e. The van der Waals surface area contributed by atoms with Gasteiger partial charge in [-0.15, -0.1) is 21.5 Å². The van der Waals surface area contributed by atoms with Gasteiger partial charge in [0, 0.05) is 94.7 Å². The number of nitrogens with zero attached hydrogens (tertiary/aromatic N) is 10. The minimum absolute atomic E-state index is 0.00231. The maximum absolute atomic E-state index is 13.2. The van der Waals surface area contributed by atoms with E-state index in [0.717, 1.165) is 67.2 Å². The van der Waals surface area contributed by atoms with E-state index in [2.05, 4.69) is 82.5 Å². The largest absolute Gasteiger partial charge is 0.494 e. The van der Waals surface area contributed by atoms with Crippen LogP contribution < -0.4 is 62.1 Å². The number of aryl methyl sites for hydroxylation is 2. The van der Waals surface area contributed by atoms with Crippen LogP contribution in [0, 0.1) is 30.5 Å². The number of anilines is 9. The Balaban J connectivity index is 0.000000162. The first-order valence-corrected chi connectivity index (χ1v) is 29.9. The number of hydrogen-bond donors (Lipinski definition) is 9. The quantitative estimate of drug-likeness (QED) is 0.0324. The van der Waals surface area contributed by atoms with Crippen molar-refractivity contribution in [2.24, 2.45) is 24.8 Å². The second-order valence-corrected chi connectivity index (χ2v) is 22.3. The topological polar surface area (TPSA) is 359 Å². The van der Waals surface area contributed by atoms with Gasteiger partial charge in [-0.1, -0.05) is 18.2 Å². The number of aromatic nitrogens is 10. The van der Waals surface area contributed by atoms with E-state index < -0.39 is 31.6 Å². The summed E-state index contributed by atoms with van der Waals surface area (Å²) in [6, 6.07) is 20.4. The molecule has 3 aliphatic carbocycles. The molecule has 3 aromatic carbocycles. The molecular formula is C64H66FN19O9S. The number of hydrogen-bond acceptors (Lipinski definition) is 22. The lowest BCUT2D eigenvalue weighted by Gasteiger charge is -2.17. The maximum atomic E-state index is 13.2. The molecule has 6 aromatic heterocycles. The van der Waals surface area contributed by atoms with Gasteiger partial charge in [-0.3, -0.25) is 28.8 Å². The number of carbonyl (C=O) groups is 6. The number of para-hydroxylation sites is 3. The first-order chi connectivity index (χ1) is 47.8. The zero-order valence-electron chi connectivity index (χ0n) is 57.3. The van der Waals surface area contributed by atoms with Gasteiger partial charge in [0.2, 0.25) is 23.5 Å². The Bertz CT molecular complexity index is 4360. The molecule has 0 bridgehead atoms. The van der Waals surface area contributed by atoms with Crippen molar-refractivity contribution < 1.29 is 55.6 Å². The first kappa shape index (κ1) is 57.6. The Morgan fingerprint density at radius 2 is 0.936 bits per heavy atom. The zero-order chi connectivity index (χ0) is 71.6. The fourth-order valence-corrected chi connectivity index (χ4v) is 9.91. The minimum atomic E-state index is -2.69. The van der Waals surface area contributed by atoms with Gasteiger partial charge in [-0.05, 0) is 87.1 Å². The number of amides is 6. The third-order valence-electron chi connectivity index (χ3n) is 14.5. The lowest BCUT2D eigenvalue weighted by atomic mass is 10.1. The second kappa shape index (κ2) is 29.6. The summed E-state index contributed by atoms with van der Waals surface area (Å²) in [6.45, 7) is -3.46. The van der Waals surface area contributed by atoms with Gasteiger partial charge in [-0.25, -0.2) is 34.3 Å². The minimum Gasteiger partial charge on any atom is -0.494 e. The van der Waals surface area contributed by atoms with Gasteiger partial charge in [0.05, 0.1) is 113 Å². The van der Waals surface area contributed by atoms with Crippen LogP contribution in [0.2, 0.25) is 0 Å². The Labute approximate surface area is 550 Å². The third-order valence-corrected chi connectivity index (χ3v) is 15.2. The van der Waals surface area contributed by atoms with Crippen LogP contribution in [-0.4, -0.2) is 128 Å². The summed E-state index contributed by atoms with van der Waals surface area (Å²) < 4.78 is 74.1. The van der Waals surface area contributed by atoms with Crippen molar-refractivity contribution >= 4 is 98.4 Å². The molecule has 28 nitrogen and oxygen atoms in total. The predicted octanol–water partition coefficient (Wildman–Crippen LogP) is 8.84. The van der Waals surface area contributed by atoms with Crippen molar-refractivity contribution in [2.45, 2.75) is 45.4 Å². The van der Waals surface area contributed by atoms with E-state index in [1.165, 1.54) is 75.2 Å². The maximum Gasteiger partial charge on any atom is 0.254 e. The van der Waals surface area contributed by atoms with E-state index in [0.29, 0.717) is 62.8 Å². The van der Waals surface area contributed by atoms with Crippen molar-refractivity contribution in [2.75, 3.05) is 74.2 Å². The van der Waals surface area contributed by atoms with Gasteiger partial charge in [0.15, 0.2) is 28.9 Å². The number of benzene rings is 3. The Hall–Kier alpha value is -11.6. The molecule has 0 radical (unpaired) electrons. The summed E-state index contributed by atoms with van der Waals surface area (Å²) in [5.41, 5.74) is 5.21. The third kappa shape index (κ3) is 15.9. The Kier molecular flexibility index (Phi) is 18.1. The van der Waals surface area contributed by atoms with Crippen molar-refractivity contribution in [1.29, 1.82) is 0 Å². The van der Waals surface area contributed by atoms with Crippen LogP contribution in [0.1, 0.15) is 82.8 Å². The molecule has 0 spiro atoms. The van der Waals surface area contributed by atoms with Crippen LogP contribution in [0.15, 0.2) is 109 Å². The summed E-state index contributed by atoms with van der Waals surface area (Å²) in [5, 5.41) is 39.0. The highest BCUT2D eigenvalue weighted by Crippen LogP contribution is 2.42. The molecular weight excluding hydrogens is 1230 g/mol. The summed E-state index contributed by atoms with van der Waals surface area (Å²) >= 11 is 1.51. The number of halogens is 1. The van der Waals surface area contributed by atoms with Crippen LogP contribution in [0.25, 0.3) is 34.0 Å². The monoisotopic (exact) mass is 1300 g/mol. The summed E-state index contributed by atoms with van der Waals surface area (Å²) in [4.78, 5) is 101. The fraction of sp³-hybridized carbons (Fsp3) is 0.266. The molecule has 3 saturated carbocycles. The highest BCUT2D eigenvalue weighted by Gasteiger charge is 2.32. The molecule has 3 fully saturated rings. The fourth-order valence-electron chi connectivity index (χ4n) is 9.30. The van der Waals surface area contributed by atoms with Crippen LogP contribution in [0.5, 0.6) is 17.2 Å². The lowest BCUT2D eigenvalue weighted by molar-refractivity contribution is -0.118. The van der Waals surface area contributed by atoms with Gasteiger partial charge in [0.25, 0.3) is 17.7 Å². The van der Waals surface area contributed by atoms with Crippen molar-refractivity contribution in [3.63, 3.8) is 0 Å². The van der Waals surface area contributed by atoms with Gasteiger partial charge >= 0.3 is 0 Å². The molecule has 6 heterocycles. The van der Waals surface area contributed by atoms with Crippen molar-refractivity contribution in [3.05, 3.63) is 137 Å². The SMILES string of the molecule is CNC(=O)c1cnc(NC(=O)C2CC2)cc1Nc1cccc(-c2ncc(F)cn2)c1OC.[2H]C([2H])([2H])NC(=O)c1cnc(NC(=O)C2CC2)cc1Nc1cccc(-c2csc(C)n2)c1OC.[2H]C([2H])([2H])NC(=O)c1cnc(NC(=O)C2CC2)cc1Nc1cccc(-c2nnn(C)n2)c1OC. The normalized spacial score (nSPS) is 14.0. The van der Waals surface area contributed by atoms with E-state index in [1.54, 1.807) is 55.6 Å². The number of nitrogens with one attached hydrogen (secondary N) is 9. The molecule has 6 amide bonds. The van der Waals surface area contributed by atoms with Crippen LogP contribution in [-0.2, 0) is 21.4 Å². The average Bonchev–Trinajstić information content (AvgIpc) is 1.02. The van der Waals surface area contributed by atoms with Gasteiger partial charge < -0.3 is 62.1 Å². The lowest BCUT2D eigenvalue weighted by Crippen LogP contribution is -2.20. The molecule has 0 unspecified atom stereocenters. The van der Waals surface area contributed by atoms with Crippen LogP contribution in [0.4, 0.5) is 56.0 Å². The summed E-state index contributed by atoms with van der Waals surface area (Å²) in [6.07, 6.45) is 11.0. The highest BCUT2D eigenvalue weighted by atomic mass is 32.1. The van der Waals surface area contributed by atoms with E-state index in [1.807, 2.05) is 35.1 Å². The molecule has 0 atom stereocenters. The summed E-state index contributed by atoms with van der Waals surface area (Å²) in [7, 11) is 7.63. The number of tetrazole rings is 1. The van der Waals surface area contributed by atoms with E-state index in [4.69, 9.17) is 22.4 Å². The molecule has 0 aliphatic heterocycles. The second-order valence-electron chi connectivity index (χ2n) is 21.2. The number of pyridine rings is 3. The number of thiazole rings is 1. The number of carbonyl (C=O) groups excluding carboxylic acids is 6. The molecule has 9 aromatic rings. The number of rotatable bonds is 21. The summed E-state index contributed by atoms with van der Waals surface area (Å²) in [5.74, 6) is -0.376. The number of ether oxygens (including phenoxy) is 3. The molecule has 30 heteroatoms.